The Balaban J connectivity index is 2.23. The molecule has 0 amide bonds. The van der Waals surface area contributed by atoms with Crippen LogP contribution in [0, 0.1) is 11.8 Å². The molecule has 1 fully saturated rings. The summed E-state index contributed by atoms with van der Waals surface area (Å²) >= 11 is 0. The van der Waals surface area contributed by atoms with Gasteiger partial charge in [-0.2, -0.15) is 0 Å². The van der Waals surface area contributed by atoms with Crippen molar-refractivity contribution in [1.82, 2.24) is 10.2 Å². The van der Waals surface area contributed by atoms with Crippen LogP contribution >= 0.6 is 0 Å². The van der Waals surface area contributed by atoms with Crippen LogP contribution in [0.2, 0.25) is 0 Å². The Morgan fingerprint density at radius 3 is 2.60 bits per heavy atom. The van der Waals surface area contributed by atoms with Crippen LogP contribution in [0.5, 0.6) is 0 Å². The molecule has 1 aliphatic heterocycles. The van der Waals surface area contributed by atoms with Gasteiger partial charge in [0.1, 0.15) is 0 Å². The second kappa shape index (κ2) is 6.49. The van der Waals surface area contributed by atoms with Gasteiger partial charge in [0.05, 0.1) is 0 Å². The Bertz CT molecular complexity index is 162. The van der Waals surface area contributed by atoms with E-state index in [2.05, 4.69) is 38.0 Å². The Morgan fingerprint density at radius 1 is 1.33 bits per heavy atom. The lowest BCUT2D eigenvalue weighted by Gasteiger charge is -2.32. The molecule has 0 spiro atoms. The summed E-state index contributed by atoms with van der Waals surface area (Å²) in [6.07, 6.45) is 4.08. The lowest BCUT2D eigenvalue weighted by molar-refractivity contribution is 0.180. The quantitative estimate of drug-likeness (QED) is 0.752. The Labute approximate surface area is 95.4 Å². The molecular weight excluding hydrogens is 184 g/mol. The molecule has 0 aromatic rings. The molecule has 1 saturated heterocycles. The summed E-state index contributed by atoms with van der Waals surface area (Å²) in [6.45, 7) is 10.7. The van der Waals surface area contributed by atoms with Crippen LogP contribution in [-0.2, 0) is 0 Å². The molecule has 1 rings (SSSR count). The topological polar surface area (TPSA) is 15.3 Å². The normalized spacial score (nSPS) is 24.8. The summed E-state index contributed by atoms with van der Waals surface area (Å²) in [6, 6.07) is 0.729. The lowest BCUT2D eigenvalue weighted by Crippen LogP contribution is -2.40. The van der Waals surface area contributed by atoms with Gasteiger partial charge in [0.15, 0.2) is 0 Å². The second-order valence-corrected chi connectivity index (χ2v) is 5.63. The van der Waals surface area contributed by atoms with Crippen molar-refractivity contribution in [3.63, 3.8) is 0 Å². The summed E-state index contributed by atoms with van der Waals surface area (Å²) in [5.74, 6) is 1.69. The van der Waals surface area contributed by atoms with E-state index in [1.54, 1.807) is 0 Å². The molecule has 0 bridgehead atoms. The first-order valence-corrected chi connectivity index (χ1v) is 6.50. The maximum Gasteiger partial charge on any atom is 0.00664 e. The predicted molar refractivity (Wildman–Crippen MR) is 67.1 cm³/mol. The number of hydrogen-bond acceptors (Lipinski definition) is 2. The van der Waals surface area contributed by atoms with Crippen molar-refractivity contribution in [2.24, 2.45) is 11.8 Å². The highest BCUT2D eigenvalue weighted by Gasteiger charge is 2.18. The predicted octanol–water partition coefficient (Wildman–Crippen LogP) is 2.35. The second-order valence-electron chi connectivity index (χ2n) is 5.63. The van der Waals surface area contributed by atoms with Crippen LogP contribution in [0.4, 0.5) is 0 Å². The van der Waals surface area contributed by atoms with Gasteiger partial charge in [0.25, 0.3) is 0 Å². The maximum absolute atomic E-state index is 3.49. The van der Waals surface area contributed by atoms with Crippen molar-refractivity contribution in [3.8, 4) is 0 Å². The van der Waals surface area contributed by atoms with Gasteiger partial charge in [-0.15, -0.1) is 0 Å². The molecule has 2 nitrogen and oxygen atoms in total. The minimum Gasteiger partial charge on any atom is -0.316 e. The van der Waals surface area contributed by atoms with E-state index in [9.17, 15) is 0 Å². The standard InChI is InChI=1S/C13H28N2/c1-11(2)8-12(3)15(4)10-13-6-5-7-14-9-13/h11-14H,5-10H2,1-4H3. The smallest absolute Gasteiger partial charge is 0.00664 e. The van der Waals surface area contributed by atoms with E-state index in [4.69, 9.17) is 0 Å². The van der Waals surface area contributed by atoms with E-state index < -0.39 is 0 Å². The molecule has 0 aliphatic carbocycles. The van der Waals surface area contributed by atoms with Crippen molar-refractivity contribution in [1.29, 1.82) is 0 Å². The summed E-state index contributed by atoms with van der Waals surface area (Å²) < 4.78 is 0. The summed E-state index contributed by atoms with van der Waals surface area (Å²) in [5, 5.41) is 3.49. The average Bonchev–Trinajstić information content (AvgIpc) is 2.18. The van der Waals surface area contributed by atoms with Crippen LogP contribution < -0.4 is 5.32 Å². The molecule has 2 atom stereocenters. The van der Waals surface area contributed by atoms with E-state index in [1.807, 2.05) is 0 Å². The van der Waals surface area contributed by atoms with Crippen LogP contribution in [0.25, 0.3) is 0 Å². The molecule has 0 radical (unpaired) electrons. The van der Waals surface area contributed by atoms with Crippen molar-refractivity contribution >= 4 is 0 Å². The largest absolute Gasteiger partial charge is 0.316 e. The van der Waals surface area contributed by atoms with Gasteiger partial charge in [-0.3, -0.25) is 0 Å². The monoisotopic (exact) mass is 212 g/mol. The molecule has 0 aromatic carbocycles. The zero-order valence-corrected chi connectivity index (χ0v) is 10.9. The average molecular weight is 212 g/mol. The molecule has 2 heteroatoms. The molecule has 1 aliphatic rings. The molecule has 0 aromatic heterocycles. The van der Waals surface area contributed by atoms with Gasteiger partial charge in [-0.1, -0.05) is 13.8 Å². The number of rotatable bonds is 5. The maximum atomic E-state index is 3.49. The number of piperidine rings is 1. The summed E-state index contributed by atoms with van der Waals surface area (Å²) in [7, 11) is 2.28. The van der Waals surface area contributed by atoms with Gasteiger partial charge in [0, 0.05) is 12.6 Å². The molecule has 15 heavy (non-hydrogen) atoms. The zero-order chi connectivity index (χ0) is 11.3. The Morgan fingerprint density at radius 2 is 2.07 bits per heavy atom. The molecule has 2 unspecified atom stereocenters. The summed E-state index contributed by atoms with van der Waals surface area (Å²) in [5.41, 5.74) is 0. The van der Waals surface area contributed by atoms with Crippen molar-refractivity contribution < 1.29 is 0 Å². The van der Waals surface area contributed by atoms with Crippen molar-refractivity contribution in [3.05, 3.63) is 0 Å². The first-order chi connectivity index (χ1) is 7.09. The Hall–Kier alpha value is -0.0800. The van der Waals surface area contributed by atoms with E-state index in [-0.39, 0.29) is 0 Å². The summed E-state index contributed by atoms with van der Waals surface area (Å²) in [4.78, 5) is 2.54. The van der Waals surface area contributed by atoms with Gasteiger partial charge in [0.2, 0.25) is 0 Å². The molecule has 90 valence electrons. The third-order valence-electron chi connectivity index (χ3n) is 3.51. The van der Waals surface area contributed by atoms with Crippen molar-refractivity contribution in [2.75, 3.05) is 26.7 Å². The molecular formula is C13H28N2. The van der Waals surface area contributed by atoms with Gasteiger partial charge >= 0.3 is 0 Å². The fraction of sp³-hybridized carbons (Fsp3) is 1.00. The number of nitrogens with zero attached hydrogens (tertiary/aromatic N) is 1. The lowest BCUT2D eigenvalue weighted by atomic mass is 9.97. The van der Waals surface area contributed by atoms with E-state index in [1.165, 1.54) is 38.9 Å². The minimum absolute atomic E-state index is 0.729. The van der Waals surface area contributed by atoms with Crippen molar-refractivity contribution in [2.45, 2.75) is 46.1 Å². The molecule has 1 N–H and O–H groups in total. The van der Waals surface area contributed by atoms with Crippen LogP contribution in [-0.4, -0.2) is 37.6 Å². The van der Waals surface area contributed by atoms with Gasteiger partial charge < -0.3 is 10.2 Å². The van der Waals surface area contributed by atoms with Crippen LogP contribution in [0.15, 0.2) is 0 Å². The van der Waals surface area contributed by atoms with Crippen LogP contribution in [0.1, 0.15) is 40.0 Å². The van der Waals surface area contributed by atoms with E-state index >= 15 is 0 Å². The first kappa shape index (κ1) is 13.0. The Kier molecular flexibility index (Phi) is 5.62. The number of hydrogen-bond donors (Lipinski definition) is 1. The van der Waals surface area contributed by atoms with Gasteiger partial charge in [-0.25, -0.2) is 0 Å². The molecule has 0 saturated carbocycles. The highest BCUT2D eigenvalue weighted by molar-refractivity contribution is 4.74. The van der Waals surface area contributed by atoms with Gasteiger partial charge in [-0.05, 0) is 58.2 Å². The first-order valence-electron chi connectivity index (χ1n) is 6.50. The fourth-order valence-electron chi connectivity index (χ4n) is 2.53. The third kappa shape index (κ3) is 4.98. The minimum atomic E-state index is 0.729. The van der Waals surface area contributed by atoms with Crippen LogP contribution in [0.3, 0.4) is 0 Å². The molecule has 1 heterocycles. The third-order valence-corrected chi connectivity index (χ3v) is 3.51. The number of nitrogens with one attached hydrogen (secondary N) is 1. The highest BCUT2D eigenvalue weighted by Crippen LogP contribution is 2.15. The SMILES string of the molecule is CC(C)CC(C)N(C)CC1CCCNC1. The fourth-order valence-corrected chi connectivity index (χ4v) is 2.53. The highest BCUT2D eigenvalue weighted by atomic mass is 15.1. The van der Waals surface area contributed by atoms with E-state index in [0.29, 0.717) is 0 Å². The zero-order valence-electron chi connectivity index (χ0n) is 10.9. The van der Waals surface area contributed by atoms with E-state index in [0.717, 1.165) is 17.9 Å².